The van der Waals surface area contributed by atoms with Crippen molar-refractivity contribution in [1.29, 1.82) is 0 Å². The molecule has 0 saturated carbocycles. The van der Waals surface area contributed by atoms with E-state index in [9.17, 15) is 14.4 Å². The Bertz CT molecular complexity index is 1300. The number of esters is 1. The van der Waals surface area contributed by atoms with Crippen molar-refractivity contribution in [2.45, 2.75) is 24.8 Å². The number of anilines is 1. The third-order valence-electron chi connectivity index (χ3n) is 5.77. The Morgan fingerprint density at radius 2 is 2.05 bits per heavy atom. The number of nitrogens with one attached hydrogen (secondary N) is 1. The fraction of sp³-hybridized carbons (Fsp3) is 0.320. The molecule has 4 rings (SSSR count). The Kier molecular flexibility index (Phi) is 8.69. The third kappa shape index (κ3) is 6.17. The van der Waals surface area contributed by atoms with E-state index in [0.29, 0.717) is 17.7 Å². The van der Waals surface area contributed by atoms with E-state index in [1.54, 1.807) is 12.5 Å². The van der Waals surface area contributed by atoms with Gasteiger partial charge in [0.15, 0.2) is 10.8 Å². The monoisotopic (exact) mass is 557 g/mol. The maximum Gasteiger partial charge on any atom is 0.336 e. The normalized spacial score (nSPS) is 19.2. The number of hydrogen-bond acceptors (Lipinski definition) is 11. The van der Waals surface area contributed by atoms with Crippen LogP contribution in [-0.4, -0.2) is 71.4 Å². The molecule has 3 N–H and O–H groups in total. The Labute approximate surface area is 227 Å². The van der Waals surface area contributed by atoms with Gasteiger partial charge < -0.3 is 30.3 Å². The molecule has 200 valence electrons. The van der Waals surface area contributed by atoms with E-state index in [4.69, 9.17) is 20.0 Å². The van der Waals surface area contributed by atoms with Crippen molar-refractivity contribution in [3.63, 3.8) is 0 Å². The number of oxime groups is 1. The molecule has 2 aliphatic rings. The molecule has 38 heavy (non-hydrogen) atoms. The van der Waals surface area contributed by atoms with E-state index in [0.717, 1.165) is 28.2 Å². The summed E-state index contributed by atoms with van der Waals surface area (Å²) in [6.07, 6.45) is 4.20. The van der Waals surface area contributed by atoms with Gasteiger partial charge in [-0.15, -0.1) is 23.1 Å². The second kappa shape index (κ2) is 12.1. The second-order valence-corrected chi connectivity index (χ2v) is 10.4. The number of methoxy groups -OCH3 is 1. The van der Waals surface area contributed by atoms with Crippen molar-refractivity contribution in [3.8, 4) is 5.75 Å². The minimum Gasteiger partial charge on any atom is -0.497 e. The fourth-order valence-corrected chi connectivity index (χ4v) is 5.50. The van der Waals surface area contributed by atoms with Gasteiger partial charge >= 0.3 is 5.97 Å². The summed E-state index contributed by atoms with van der Waals surface area (Å²) in [6, 6.07) is 6.98. The summed E-state index contributed by atoms with van der Waals surface area (Å²) in [5, 5.41) is 7.92. The number of thioether (sulfide) groups is 1. The molecule has 2 atom stereocenters. The van der Waals surface area contributed by atoms with Gasteiger partial charge in [0.05, 0.1) is 12.7 Å². The van der Waals surface area contributed by atoms with Crippen molar-refractivity contribution >= 4 is 51.7 Å². The van der Waals surface area contributed by atoms with E-state index in [1.807, 2.05) is 37.3 Å². The highest BCUT2D eigenvalue weighted by Gasteiger charge is 2.50. The Hall–Kier alpha value is -3.84. The first kappa shape index (κ1) is 27.2. The first-order valence-corrected chi connectivity index (χ1v) is 13.5. The topological polar surface area (TPSA) is 145 Å². The van der Waals surface area contributed by atoms with Gasteiger partial charge in [0.25, 0.3) is 11.8 Å². The summed E-state index contributed by atoms with van der Waals surface area (Å²) >= 11 is 2.52. The van der Waals surface area contributed by atoms with Gasteiger partial charge in [0.1, 0.15) is 36.6 Å². The molecule has 1 fully saturated rings. The standard InChI is InChI=1S/C25H27N5O6S2/c1-14(4-5-15-6-8-17(34-2)9-7-15)11-36-24(33)16-10-30-22(32)20(23(30)37-12-16)28-21(31)19(29-35-3)18-13-38-25(26)27-18/h4,6-10,13,20,23H,5,11-12H2,1-3H3,(H2,26,27)(H,28,31)/t20?,23-/m1/s1. The number of nitrogen functional groups attached to an aromatic ring is 1. The number of benzene rings is 1. The molecule has 0 aliphatic carbocycles. The molecule has 11 nitrogen and oxygen atoms in total. The molecule has 1 unspecified atom stereocenters. The summed E-state index contributed by atoms with van der Waals surface area (Å²) in [4.78, 5) is 48.4. The Balaban J connectivity index is 1.29. The molecule has 1 saturated heterocycles. The molecule has 0 spiro atoms. The van der Waals surface area contributed by atoms with E-state index in [2.05, 4.69) is 15.5 Å². The highest BCUT2D eigenvalue weighted by atomic mass is 32.2. The highest BCUT2D eigenvalue weighted by molar-refractivity contribution is 8.00. The van der Waals surface area contributed by atoms with Crippen LogP contribution in [0.4, 0.5) is 5.13 Å². The molecule has 2 aliphatic heterocycles. The number of rotatable bonds is 10. The molecule has 3 heterocycles. The molecule has 1 aromatic heterocycles. The lowest BCUT2D eigenvalue weighted by molar-refractivity contribution is -0.144. The fourth-order valence-electron chi connectivity index (χ4n) is 3.71. The van der Waals surface area contributed by atoms with E-state index >= 15 is 0 Å². The van der Waals surface area contributed by atoms with Gasteiger partial charge in [0, 0.05) is 17.3 Å². The lowest BCUT2D eigenvalue weighted by atomic mass is 10.1. The highest BCUT2D eigenvalue weighted by Crippen LogP contribution is 2.36. The van der Waals surface area contributed by atoms with E-state index in [1.165, 1.54) is 30.0 Å². The minimum atomic E-state index is -0.775. The summed E-state index contributed by atoms with van der Waals surface area (Å²) in [6.45, 7) is 2.04. The van der Waals surface area contributed by atoms with Gasteiger partial charge in [-0.05, 0) is 36.6 Å². The largest absolute Gasteiger partial charge is 0.497 e. The zero-order chi connectivity index (χ0) is 27.2. The van der Waals surface area contributed by atoms with Gasteiger partial charge in [-0.3, -0.25) is 9.59 Å². The van der Waals surface area contributed by atoms with Crippen LogP contribution in [-0.2, 0) is 30.4 Å². The zero-order valence-corrected chi connectivity index (χ0v) is 22.6. The number of aromatic nitrogens is 1. The number of amides is 2. The van der Waals surface area contributed by atoms with Crippen molar-refractivity contribution in [1.82, 2.24) is 15.2 Å². The van der Waals surface area contributed by atoms with Gasteiger partial charge in [-0.1, -0.05) is 23.4 Å². The first-order valence-electron chi connectivity index (χ1n) is 11.5. The van der Waals surface area contributed by atoms with Gasteiger partial charge in [-0.2, -0.15) is 0 Å². The van der Waals surface area contributed by atoms with E-state index < -0.39 is 17.9 Å². The SMILES string of the molecule is CON=C(C(=O)NC1C(=O)N2C=C(C(=O)OCC(C)=CCc3ccc(OC)cc3)CS[C@H]12)c1csc(N)n1. The minimum absolute atomic E-state index is 0.0808. The predicted octanol–water partition coefficient (Wildman–Crippen LogP) is 2.10. The molecule has 2 amide bonds. The summed E-state index contributed by atoms with van der Waals surface area (Å²) < 4.78 is 10.6. The quantitative estimate of drug-likeness (QED) is 0.147. The van der Waals surface area contributed by atoms with Crippen LogP contribution < -0.4 is 15.8 Å². The number of fused-ring (bicyclic) bond motifs is 1. The van der Waals surface area contributed by atoms with Crippen LogP contribution in [0.2, 0.25) is 0 Å². The van der Waals surface area contributed by atoms with Gasteiger partial charge in [-0.25, -0.2) is 9.78 Å². The average Bonchev–Trinajstić information content (AvgIpc) is 3.37. The van der Waals surface area contributed by atoms with E-state index in [-0.39, 0.29) is 34.4 Å². The van der Waals surface area contributed by atoms with Crippen LogP contribution in [0.15, 0.2) is 58.2 Å². The molecule has 0 radical (unpaired) electrons. The number of allylic oxidation sites excluding steroid dienone is 1. The van der Waals surface area contributed by atoms with Crippen LogP contribution in [0.3, 0.4) is 0 Å². The molecule has 2 aromatic rings. The lowest BCUT2D eigenvalue weighted by Gasteiger charge is -2.47. The second-order valence-electron chi connectivity index (χ2n) is 8.42. The number of ether oxygens (including phenoxy) is 2. The van der Waals surface area contributed by atoms with Crippen LogP contribution in [0.1, 0.15) is 18.2 Å². The van der Waals surface area contributed by atoms with Crippen molar-refractivity contribution in [2.24, 2.45) is 5.16 Å². The summed E-state index contributed by atoms with van der Waals surface area (Å²) in [5.41, 5.74) is 8.23. The molecular weight excluding hydrogens is 530 g/mol. The Morgan fingerprint density at radius 1 is 1.29 bits per heavy atom. The molecule has 0 bridgehead atoms. The number of nitrogens with two attached hydrogens (primary N) is 1. The number of carbonyl (C=O) groups is 3. The third-order valence-corrected chi connectivity index (χ3v) is 7.76. The summed E-state index contributed by atoms with van der Waals surface area (Å²) in [5.74, 6) is -0.294. The average molecular weight is 558 g/mol. The predicted molar refractivity (Wildman–Crippen MR) is 145 cm³/mol. The molecule has 1 aromatic carbocycles. The van der Waals surface area contributed by atoms with Crippen LogP contribution in [0.25, 0.3) is 0 Å². The molecule has 13 heteroatoms. The number of hydrogen-bond donors (Lipinski definition) is 2. The van der Waals surface area contributed by atoms with Gasteiger partial charge in [0.2, 0.25) is 0 Å². The van der Waals surface area contributed by atoms with Crippen molar-refractivity contribution < 1.29 is 28.7 Å². The number of carbonyl (C=O) groups excluding carboxylic acids is 3. The first-order chi connectivity index (χ1) is 18.3. The lowest BCUT2D eigenvalue weighted by Crippen LogP contribution is -2.69. The van der Waals surface area contributed by atoms with Crippen molar-refractivity contribution in [3.05, 3.63) is 64.3 Å². The smallest absolute Gasteiger partial charge is 0.336 e. The maximum atomic E-state index is 12.8. The zero-order valence-electron chi connectivity index (χ0n) is 21.0. The van der Waals surface area contributed by atoms with Crippen LogP contribution >= 0.6 is 23.1 Å². The number of nitrogens with zero attached hydrogens (tertiary/aromatic N) is 3. The van der Waals surface area contributed by atoms with Crippen LogP contribution in [0, 0.1) is 0 Å². The summed E-state index contributed by atoms with van der Waals surface area (Å²) in [7, 11) is 2.93. The maximum absolute atomic E-state index is 12.8. The van der Waals surface area contributed by atoms with Crippen LogP contribution in [0.5, 0.6) is 5.75 Å². The number of thiazole rings is 1. The number of β-lactam (4-membered cyclic amide) rings is 1. The molecular formula is C25H27N5O6S2. The van der Waals surface area contributed by atoms with Crippen molar-refractivity contribution in [2.75, 3.05) is 32.3 Å². The Morgan fingerprint density at radius 3 is 2.71 bits per heavy atom.